The Morgan fingerprint density at radius 1 is 1.36 bits per heavy atom. The topological polar surface area (TPSA) is 48.0 Å². The Hall–Kier alpha value is -1.53. The standard InChI is InChI=1S/C16H13BrN2O2S/c17-11-1-4-13-10(7-15(20)21-14(13)8-11)9-22-16-18-5-6-19(16)12-2-3-12/h1,4-8,12H,2-3,9H2. The van der Waals surface area contributed by atoms with Gasteiger partial charge in [0.15, 0.2) is 5.16 Å². The molecular formula is C16H13BrN2O2S. The van der Waals surface area contributed by atoms with Crippen LogP contribution in [0.4, 0.5) is 0 Å². The fourth-order valence-electron chi connectivity index (χ4n) is 2.51. The quantitative estimate of drug-likeness (QED) is 0.500. The molecule has 0 amide bonds. The summed E-state index contributed by atoms with van der Waals surface area (Å²) in [4.78, 5) is 16.2. The third-order valence-corrected chi connectivity index (χ3v) is 5.25. The zero-order valence-corrected chi connectivity index (χ0v) is 14.1. The van der Waals surface area contributed by atoms with Crippen molar-refractivity contribution in [1.29, 1.82) is 0 Å². The molecule has 1 saturated carbocycles. The molecule has 1 aliphatic rings. The fraction of sp³-hybridized carbons (Fsp3) is 0.250. The lowest BCUT2D eigenvalue weighted by Gasteiger charge is -2.07. The molecule has 112 valence electrons. The van der Waals surface area contributed by atoms with Gasteiger partial charge in [-0.3, -0.25) is 0 Å². The van der Waals surface area contributed by atoms with Gasteiger partial charge < -0.3 is 8.98 Å². The van der Waals surface area contributed by atoms with Gasteiger partial charge in [0.2, 0.25) is 0 Å². The van der Waals surface area contributed by atoms with E-state index in [1.165, 1.54) is 12.8 Å². The van der Waals surface area contributed by atoms with E-state index < -0.39 is 0 Å². The first kappa shape index (κ1) is 14.1. The van der Waals surface area contributed by atoms with Crippen LogP contribution in [0.5, 0.6) is 0 Å². The minimum Gasteiger partial charge on any atom is -0.423 e. The minimum absolute atomic E-state index is 0.313. The SMILES string of the molecule is O=c1cc(CSc2nccn2C2CC2)c2ccc(Br)cc2o1. The molecule has 0 atom stereocenters. The van der Waals surface area contributed by atoms with Crippen LogP contribution in [-0.2, 0) is 5.75 Å². The summed E-state index contributed by atoms with van der Waals surface area (Å²) in [5, 5.41) is 1.99. The van der Waals surface area contributed by atoms with E-state index in [0.717, 1.165) is 20.6 Å². The number of hydrogen-bond donors (Lipinski definition) is 0. The number of aromatic nitrogens is 2. The molecule has 1 aromatic carbocycles. The second-order valence-electron chi connectivity index (χ2n) is 5.37. The highest BCUT2D eigenvalue weighted by Gasteiger charge is 2.25. The first-order valence-electron chi connectivity index (χ1n) is 7.08. The molecule has 0 N–H and O–H groups in total. The van der Waals surface area contributed by atoms with Crippen molar-refractivity contribution in [3.8, 4) is 0 Å². The first-order chi connectivity index (χ1) is 10.7. The van der Waals surface area contributed by atoms with E-state index in [1.807, 2.05) is 30.6 Å². The molecule has 6 heteroatoms. The molecule has 2 heterocycles. The van der Waals surface area contributed by atoms with Crippen LogP contribution in [0.15, 0.2) is 55.5 Å². The lowest BCUT2D eigenvalue weighted by Crippen LogP contribution is -2.00. The number of thioether (sulfide) groups is 1. The fourth-order valence-corrected chi connectivity index (χ4v) is 3.87. The van der Waals surface area contributed by atoms with Crippen molar-refractivity contribution in [2.75, 3.05) is 0 Å². The van der Waals surface area contributed by atoms with Crippen LogP contribution in [0.1, 0.15) is 24.4 Å². The Morgan fingerprint density at radius 2 is 2.23 bits per heavy atom. The molecule has 1 fully saturated rings. The van der Waals surface area contributed by atoms with Gasteiger partial charge in [-0.05, 0) is 36.6 Å². The second-order valence-corrected chi connectivity index (χ2v) is 7.23. The van der Waals surface area contributed by atoms with Gasteiger partial charge in [-0.15, -0.1) is 0 Å². The van der Waals surface area contributed by atoms with Gasteiger partial charge >= 0.3 is 5.63 Å². The highest BCUT2D eigenvalue weighted by Crippen LogP contribution is 2.38. The van der Waals surface area contributed by atoms with E-state index in [4.69, 9.17) is 4.42 Å². The first-order valence-corrected chi connectivity index (χ1v) is 8.86. The van der Waals surface area contributed by atoms with Crippen molar-refractivity contribution in [2.45, 2.75) is 29.8 Å². The van der Waals surface area contributed by atoms with Crippen LogP contribution in [-0.4, -0.2) is 9.55 Å². The zero-order valence-electron chi connectivity index (χ0n) is 11.7. The number of nitrogens with zero attached hydrogens (tertiary/aromatic N) is 2. The number of halogens is 1. The summed E-state index contributed by atoms with van der Waals surface area (Å²) in [6.45, 7) is 0. The van der Waals surface area contributed by atoms with Crippen molar-refractivity contribution in [2.24, 2.45) is 0 Å². The Morgan fingerprint density at radius 3 is 3.05 bits per heavy atom. The summed E-state index contributed by atoms with van der Waals surface area (Å²) in [6.07, 6.45) is 6.34. The molecule has 0 aliphatic heterocycles. The molecule has 0 radical (unpaired) electrons. The van der Waals surface area contributed by atoms with E-state index in [-0.39, 0.29) is 5.63 Å². The lowest BCUT2D eigenvalue weighted by molar-refractivity contribution is 0.559. The molecular weight excluding hydrogens is 364 g/mol. The summed E-state index contributed by atoms with van der Waals surface area (Å²) >= 11 is 5.07. The monoisotopic (exact) mass is 376 g/mol. The van der Waals surface area contributed by atoms with Crippen molar-refractivity contribution < 1.29 is 4.42 Å². The van der Waals surface area contributed by atoms with Crippen LogP contribution in [0.25, 0.3) is 11.0 Å². The van der Waals surface area contributed by atoms with Gasteiger partial charge in [0, 0.05) is 40.1 Å². The number of rotatable bonds is 4. The Balaban J connectivity index is 1.66. The van der Waals surface area contributed by atoms with Crippen LogP contribution < -0.4 is 5.63 Å². The maximum Gasteiger partial charge on any atom is 0.336 e. The van der Waals surface area contributed by atoms with Gasteiger partial charge in [0.1, 0.15) is 5.58 Å². The average Bonchev–Trinajstić information content (AvgIpc) is 3.23. The molecule has 22 heavy (non-hydrogen) atoms. The van der Waals surface area contributed by atoms with Crippen molar-refractivity contribution in [3.63, 3.8) is 0 Å². The maximum atomic E-state index is 11.7. The smallest absolute Gasteiger partial charge is 0.336 e. The molecule has 0 spiro atoms. The van der Waals surface area contributed by atoms with Crippen molar-refractivity contribution in [1.82, 2.24) is 9.55 Å². The van der Waals surface area contributed by atoms with Crippen LogP contribution in [0.2, 0.25) is 0 Å². The van der Waals surface area contributed by atoms with E-state index in [1.54, 1.807) is 17.8 Å². The van der Waals surface area contributed by atoms with Crippen molar-refractivity contribution >= 4 is 38.7 Å². The number of hydrogen-bond acceptors (Lipinski definition) is 4. The van der Waals surface area contributed by atoms with Gasteiger partial charge in [0.25, 0.3) is 0 Å². The minimum atomic E-state index is -0.313. The third kappa shape index (κ3) is 2.73. The van der Waals surface area contributed by atoms with E-state index in [2.05, 4.69) is 25.5 Å². The van der Waals surface area contributed by atoms with E-state index in [0.29, 0.717) is 17.4 Å². The van der Waals surface area contributed by atoms with Crippen LogP contribution >= 0.6 is 27.7 Å². The third-order valence-electron chi connectivity index (χ3n) is 3.72. The van der Waals surface area contributed by atoms with E-state index >= 15 is 0 Å². The largest absolute Gasteiger partial charge is 0.423 e. The van der Waals surface area contributed by atoms with Gasteiger partial charge in [-0.2, -0.15) is 0 Å². The Kier molecular flexibility index (Phi) is 3.58. The Labute approximate surface area is 139 Å². The predicted octanol–water partition coefficient (Wildman–Crippen LogP) is 4.38. The molecule has 4 rings (SSSR count). The van der Waals surface area contributed by atoms with E-state index in [9.17, 15) is 4.79 Å². The van der Waals surface area contributed by atoms with Crippen LogP contribution in [0.3, 0.4) is 0 Å². The average molecular weight is 377 g/mol. The summed E-state index contributed by atoms with van der Waals surface area (Å²) in [6, 6.07) is 7.95. The molecule has 3 aromatic rings. The molecule has 0 saturated heterocycles. The molecule has 0 bridgehead atoms. The number of benzene rings is 1. The molecule has 1 aliphatic carbocycles. The summed E-state index contributed by atoms with van der Waals surface area (Å²) < 4.78 is 8.41. The highest BCUT2D eigenvalue weighted by atomic mass is 79.9. The molecule has 2 aromatic heterocycles. The Bertz CT molecular complexity index is 899. The molecule has 4 nitrogen and oxygen atoms in total. The number of fused-ring (bicyclic) bond motifs is 1. The summed E-state index contributed by atoms with van der Waals surface area (Å²) in [5.41, 5.74) is 1.28. The van der Waals surface area contributed by atoms with Crippen molar-refractivity contribution in [3.05, 3.63) is 57.1 Å². The predicted molar refractivity (Wildman–Crippen MR) is 90.2 cm³/mol. The van der Waals surface area contributed by atoms with Gasteiger partial charge in [-0.1, -0.05) is 27.7 Å². The number of imidazole rings is 1. The normalized spacial score (nSPS) is 14.6. The summed E-state index contributed by atoms with van der Waals surface area (Å²) in [7, 11) is 0. The van der Waals surface area contributed by atoms with Crippen LogP contribution in [0, 0.1) is 0 Å². The maximum absolute atomic E-state index is 11.7. The van der Waals surface area contributed by atoms with Gasteiger partial charge in [-0.25, -0.2) is 9.78 Å². The lowest BCUT2D eigenvalue weighted by atomic mass is 10.1. The summed E-state index contributed by atoms with van der Waals surface area (Å²) in [5.74, 6) is 0.702. The molecule has 0 unspecified atom stereocenters. The highest BCUT2D eigenvalue weighted by molar-refractivity contribution is 9.10. The zero-order chi connectivity index (χ0) is 15.1. The van der Waals surface area contributed by atoms with Gasteiger partial charge in [0.05, 0.1) is 0 Å². The second kappa shape index (κ2) is 5.59.